The van der Waals surface area contributed by atoms with Gasteiger partial charge < -0.3 is 10.3 Å². The molecule has 1 aliphatic rings. The molecule has 2 aromatic heterocycles. The van der Waals surface area contributed by atoms with E-state index in [2.05, 4.69) is 25.6 Å². The average Bonchev–Trinajstić information content (AvgIpc) is 3.17. The van der Waals surface area contributed by atoms with Crippen LogP contribution in [0.3, 0.4) is 0 Å². The van der Waals surface area contributed by atoms with Crippen LogP contribution >= 0.6 is 0 Å². The van der Waals surface area contributed by atoms with Crippen LogP contribution in [0.15, 0.2) is 49.1 Å². The molecule has 0 radical (unpaired) electrons. The molecule has 23 heavy (non-hydrogen) atoms. The number of nitrogens with zero attached hydrogens (tertiary/aromatic N) is 2. The predicted molar refractivity (Wildman–Crippen MR) is 86.6 cm³/mol. The van der Waals surface area contributed by atoms with E-state index in [4.69, 9.17) is 0 Å². The summed E-state index contributed by atoms with van der Waals surface area (Å²) in [5.41, 5.74) is 3.01. The number of aromatic amines is 1. The largest absolute Gasteiger partial charge is 0.345 e. The first-order chi connectivity index (χ1) is 11.3. The smallest absolute Gasteiger partial charge is 0.254 e. The summed E-state index contributed by atoms with van der Waals surface area (Å²) in [5, 5.41) is 6.56. The summed E-state index contributed by atoms with van der Waals surface area (Å²) in [6, 6.07) is 9.51. The Morgan fingerprint density at radius 2 is 2.04 bits per heavy atom. The molecule has 6 nitrogen and oxygen atoms in total. The Hall–Kier alpha value is -2.73. The van der Waals surface area contributed by atoms with Gasteiger partial charge in [0.1, 0.15) is 5.52 Å². The van der Waals surface area contributed by atoms with Crippen LogP contribution in [-0.4, -0.2) is 26.5 Å². The molecule has 3 aromatic rings. The molecule has 1 saturated carbocycles. The Labute approximate surface area is 133 Å². The monoisotopic (exact) mass is 307 g/mol. The van der Waals surface area contributed by atoms with Gasteiger partial charge in [-0.15, -0.1) is 0 Å². The van der Waals surface area contributed by atoms with Crippen LogP contribution in [-0.2, 0) is 6.54 Å². The Balaban J connectivity index is 1.47. The SMILES string of the molecule is O=C(NC1(NCc2ccncc2)CC1)c1cccc2[nH]cnc12. The van der Waals surface area contributed by atoms with Crippen molar-refractivity contribution in [1.29, 1.82) is 0 Å². The number of hydrogen-bond donors (Lipinski definition) is 3. The number of hydrogen-bond acceptors (Lipinski definition) is 4. The van der Waals surface area contributed by atoms with Crippen molar-refractivity contribution in [3.05, 3.63) is 60.2 Å². The van der Waals surface area contributed by atoms with Crippen LogP contribution in [0.5, 0.6) is 0 Å². The molecule has 0 spiro atoms. The third-order valence-corrected chi connectivity index (χ3v) is 4.18. The highest BCUT2D eigenvalue weighted by atomic mass is 16.2. The molecule has 0 saturated heterocycles. The topological polar surface area (TPSA) is 82.7 Å². The second-order valence-electron chi connectivity index (χ2n) is 5.85. The summed E-state index contributed by atoms with van der Waals surface area (Å²) in [6.07, 6.45) is 7.01. The lowest BCUT2D eigenvalue weighted by atomic mass is 10.1. The van der Waals surface area contributed by atoms with Gasteiger partial charge in [0.2, 0.25) is 0 Å². The van der Waals surface area contributed by atoms with Crippen molar-refractivity contribution in [2.75, 3.05) is 0 Å². The Kier molecular flexibility index (Phi) is 3.31. The van der Waals surface area contributed by atoms with Crippen molar-refractivity contribution in [1.82, 2.24) is 25.6 Å². The van der Waals surface area contributed by atoms with E-state index in [9.17, 15) is 4.79 Å². The highest BCUT2D eigenvalue weighted by Crippen LogP contribution is 2.33. The quantitative estimate of drug-likeness (QED) is 0.629. The summed E-state index contributed by atoms with van der Waals surface area (Å²) in [5.74, 6) is -0.0950. The molecule has 1 fully saturated rings. The van der Waals surface area contributed by atoms with Crippen molar-refractivity contribution in [2.24, 2.45) is 0 Å². The van der Waals surface area contributed by atoms with Gasteiger partial charge in [-0.05, 0) is 42.7 Å². The molecule has 1 amide bonds. The third-order valence-electron chi connectivity index (χ3n) is 4.18. The van der Waals surface area contributed by atoms with Crippen molar-refractivity contribution in [3.8, 4) is 0 Å². The fourth-order valence-corrected chi connectivity index (χ4v) is 2.68. The van der Waals surface area contributed by atoms with Crippen LogP contribution < -0.4 is 10.6 Å². The zero-order valence-electron chi connectivity index (χ0n) is 12.5. The number of H-pyrrole nitrogens is 1. The molecule has 1 aliphatic carbocycles. The molecule has 116 valence electrons. The molecule has 6 heteroatoms. The van der Waals surface area contributed by atoms with Gasteiger partial charge in [0.05, 0.1) is 23.1 Å². The molecule has 0 unspecified atom stereocenters. The lowest BCUT2D eigenvalue weighted by Crippen LogP contribution is -2.47. The van der Waals surface area contributed by atoms with Crippen molar-refractivity contribution >= 4 is 16.9 Å². The Bertz CT molecular complexity index is 838. The molecular formula is C17H17N5O. The highest BCUT2D eigenvalue weighted by Gasteiger charge is 2.43. The van der Waals surface area contributed by atoms with E-state index < -0.39 is 0 Å². The fourth-order valence-electron chi connectivity index (χ4n) is 2.68. The van der Waals surface area contributed by atoms with E-state index in [0.717, 1.165) is 23.9 Å². The average molecular weight is 307 g/mol. The predicted octanol–water partition coefficient (Wildman–Crippen LogP) is 1.97. The first-order valence-corrected chi connectivity index (χ1v) is 7.64. The minimum absolute atomic E-state index is 0.0950. The van der Waals surface area contributed by atoms with Gasteiger partial charge in [0, 0.05) is 18.9 Å². The van der Waals surface area contributed by atoms with Crippen LogP contribution in [0.1, 0.15) is 28.8 Å². The van der Waals surface area contributed by atoms with Gasteiger partial charge in [-0.2, -0.15) is 0 Å². The van der Waals surface area contributed by atoms with E-state index in [-0.39, 0.29) is 11.6 Å². The molecule has 1 aromatic carbocycles. The molecule has 0 bridgehead atoms. The molecule has 3 N–H and O–H groups in total. The van der Waals surface area contributed by atoms with E-state index >= 15 is 0 Å². The number of imidazole rings is 1. The fraction of sp³-hybridized carbons (Fsp3) is 0.235. The number of aromatic nitrogens is 3. The van der Waals surface area contributed by atoms with E-state index in [1.54, 1.807) is 24.8 Å². The summed E-state index contributed by atoms with van der Waals surface area (Å²) >= 11 is 0. The van der Waals surface area contributed by atoms with E-state index in [1.807, 2.05) is 24.3 Å². The summed E-state index contributed by atoms with van der Waals surface area (Å²) < 4.78 is 0. The number of rotatable bonds is 5. The lowest BCUT2D eigenvalue weighted by Gasteiger charge is -2.19. The number of para-hydroxylation sites is 1. The molecule has 0 aliphatic heterocycles. The second kappa shape index (κ2) is 5.48. The number of nitrogens with one attached hydrogen (secondary N) is 3. The van der Waals surface area contributed by atoms with Gasteiger partial charge in [0.15, 0.2) is 0 Å². The first kappa shape index (κ1) is 13.9. The Morgan fingerprint density at radius 1 is 1.22 bits per heavy atom. The van der Waals surface area contributed by atoms with Crippen molar-refractivity contribution in [2.45, 2.75) is 25.0 Å². The van der Waals surface area contributed by atoms with Crippen LogP contribution in [0, 0.1) is 0 Å². The Morgan fingerprint density at radius 3 is 2.83 bits per heavy atom. The number of pyridine rings is 1. The van der Waals surface area contributed by atoms with Crippen molar-refractivity contribution in [3.63, 3.8) is 0 Å². The maximum absolute atomic E-state index is 12.6. The summed E-state index contributed by atoms with van der Waals surface area (Å²) in [4.78, 5) is 23.9. The first-order valence-electron chi connectivity index (χ1n) is 7.64. The van der Waals surface area contributed by atoms with Gasteiger partial charge in [-0.25, -0.2) is 4.98 Å². The molecule has 2 heterocycles. The number of benzene rings is 1. The minimum atomic E-state index is -0.307. The van der Waals surface area contributed by atoms with Gasteiger partial charge in [-0.1, -0.05) is 6.07 Å². The maximum atomic E-state index is 12.6. The minimum Gasteiger partial charge on any atom is -0.345 e. The second-order valence-corrected chi connectivity index (χ2v) is 5.85. The maximum Gasteiger partial charge on any atom is 0.254 e. The van der Waals surface area contributed by atoms with Gasteiger partial charge in [0.25, 0.3) is 5.91 Å². The number of carbonyl (C=O) groups is 1. The number of carbonyl (C=O) groups excluding carboxylic acids is 1. The zero-order chi connectivity index (χ0) is 15.7. The zero-order valence-corrected chi connectivity index (χ0v) is 12.5. The molecular weight excluding hydrogens is 290 g/mol. The van der Waals surface area contributed by atoms with Crippen molar-refractivity contribution < 1.29 is 4.79 Å². The number of amides is 1. The van der Waals surface area contributed by atoms with Crippen LogP contribution in [0.2, 0.25) is 0 Å². The van der Waals surface area contributed by atoms with Crippen LogP contribution in [0.4, 0.5) is 0 Å². The molecule has 0 atom stereocenters. The van der Waals surface area contributed by atoms with Gasteiger partial charge >= 0.3 is 0 Å². The summed E-state index contributed by atoms with van der Waals surface area (Å²) in [7, 11) is 0. The van der Waals surface area contributed by atoms with Gasteiger partial charge in [-0.3, -0.25) is 15.1 Å². The molecule has 4 rings (SSSR count). The van der Waals surface area contributed by atoms with E-state index in [0.29, 0.717) is 17.6 Å². The highest BCUT2D eigenvalue weighted by molar-refractivity contribution is 6.05. The normalized spacial score (nSPS) is 15.5. The third kappa shape index (κ3) is 2.80. The van der Waals surface area contributed by atoms with Crippen LogP contribution in [0.25, 0.3) is 11.0 Å². The lowest BCUT2D eigenvalue weighted by molar-refractivity contribution is 0.0923. The van der Waals surface area contributed by atoms with E-state index in [1.165, 1.54) is 0 Å². The standard InChI is InChI=1S/C17H17N5O/c23-16(13-2-1-3-14-15(13)20-11-19-14)22-17(6-7-17)21-10-12-4-8-18-9-5-12/h1-5,8-9,11,21H,6-7,10H2,(H,19,20)(H,22,23). The summed E-state index contributed by atoms with van der Waals surface area (Å²) in [6.45, 7) is 0.704. The number of fused-ring (bicyclic) bond motifs is 1.